The molecule has 0 atom stereocenters. The molecule has 68 valence electrons. The minimum atomic E-state index is -0.840. The van der Waals surface area contributed by atoms with Crippen molar-refractivity contribution >= 4 is 61.4 Å². The summed E-state index contributed by atoms with van der Waals surface area (Å²) in [5.74, 6) is -0.703. The molecule has 12 heavy (non-hydrogen) atoms. The topological polar surface area (TPSA) is 74.6 Å². The molecule has 0 amide bonds. The average molecular weight is 220 g/mol. The molecule has 0 aromatic heterocycles. The Morgan fingerprint density at radius 2 is 1.33 bits per heavy atom. The molecule has 4 nitrogen and oxygen atoms in total. The van der Waals surface area contributed by atoms with Crippen LogP contribution in [0.3, 0.4) is 0 Å². The van der Waals surface area contributed by atoms with E-state index in [4.69, 9.17) is 10.2 Å². The van der Waals surface area contributed by atoms with Gasteiger partial charge in [-0.2, -0.15) is 11.8 Å². The van der Waals surface area contributed by atoms with Crippen LogP contribution >= 0.6 is 11.8 Å². The van der Waals surface area contributed by atoms with Crippen molar-refractivity contribution in [1.29, 1.82) is 0 Å². The maximum atomic E-state index is 9.97. The van der Waals surface area contributed by atoms with E-state index in [-0.39, 0.29) is 50.6 Å². The number of hydrogen-bond acceptors (Lipinski definition) is 3. The number of rotatable bonds is 6. The first-order valence-electron chi connectivity index (χ1n) is 3.14. The Labute approximate surface area is 105 Å². The zero-order valence-electron chi connectivity index (χ0n) is 5.95. The molecule has 0 aromatic rings. The number of carbonyl (C=O) groups is 2. The van der Waals surface area contributed by atoms with E-state index in [1.54, 1.807) is 0 Å². The summed E-state index contributed by atoms with van der Waals surface area (Å²) in [7, 11) is 0. The number of carboxylic acids is 2. The summed E-state index contributed by atoms with van der Waals surface area (Å²) in [6, 6.07) is 0. The molecule has 0 aliphatic carbocycles. The van der Waals surface area contributed by atoms with Crippen molar-refractivity contribution in [3.05, 3.63) is 0 Å². The van der Waals surface area contributed by atoms with Gasteiger partial charge >= 0.3 is 49.7 Å². The molecule has 0 heterocycles. The Kier molecular flexibility index (Phi) is 12.1. The molecule has 0 saturated heterocycles. The van der Waals surface area contributed by atoms with Crippen LogP contribution in [0, 0.1) is 0 Å². The van der Waals surface area contributed by atoms with Crippen LogP contribution in [-0.4, -0.2) is 71.4 Å². The maximum absolute atomic E-state index is 9.97. The third-order valence-corrected chi connectivity index (χ3v) is 1.91. The van der Waals surface area contributed by atoms with E-state index in [1.165, 1.54) is 11.8 Å². The third-order valence-electron chi connectivity index (χ3n) is 0.921. The second kappa shape index (κ2) is 9.64. The monoisotopic (exact) mass is 220 g/mol. The van der Waals surface area contributed by atoms with Gasteiger partial charge in [0, 0.05) is 11.5 Å². The molecule has 0 radical (unpaired) electrons. The van der Waals surface area contributed by atoms with E-state index in [1.807, 2.05) is 0 Å². The molecule has 0 aliphatic heterocycles. The SMILES string of the molecule is O=C(O)CCSCCC(=O)O.[CaH2]. The summed E-state index contributed by atoms with van der Waals surface area (Å²) in [4.78, 5) is 19.9. The van der Waals surface area contributed by atoms with E-state index >= 15 is 0 Å². The Morgan fingerprint density at radius 3 is 1.58 bits per heavy atom. The number of aliphatic carboxylic acids is 2. The molecular weight excluding hydrogens is 208 g/mol. The van der Waals surface area contributed by atoms with E-state index in [0.29, 0.717) is 11.5 Å². The first-order chi connectivity index (χ1) is 5.13. The number of carboxylic acid groups (broad SMARTS) is 2. The predicted molar refractivity (Wildman–Crippen MR) is 50.4 cm³/mol. The van der Waals surface area contributed by atoms with Gasteiger partial charge in [0.1, 0.15) is 0 Å². The molecule has 0 bridgehead atoms. The zero-order chi connectivity index (χ0) is 8.69. The van der Waals surface area contributed by atoms with Gasteiger partial charge < -0.3 is 10.2 Å². The standard InChI is InChI=1S/C6H10O4S.Ca.2H/c7-5(8)1-3-11-4-2-6(9)10;;;/h1-4H2,(H,7,8)(H,9,10);;;. The normalized spacial score (nSPS) is 8.67. The molecule has 0 aromatic carbocycles. The Bertz CT molecular complexity index is 134. The molecule has 6 heteroatoms. The Morgan fingerprint density at radius 1 is 1.00 bits per heavy atom. The van der Waals surface area contributed by atoms with Crippen molar-refractivity contribution < 1.29 is 19.8 Å². The zero-order valence-corrected chi connectivity index (χ0v) is 6.76. The fraction of sp³-hybridized carbons (Fsp3) is 0.667. The van der Waals surface area contributed by atoms with Gasteiger partial charge in [-0.1, -0.05) is 0 Å². The Hall–Kier alpha value is 0.550. The van der Waals surface area contributed by atoms with Gasteiger partial charge in [-0.15, -0.1) is 0 Å². The van der Waals surface area contributed by atoms with Gasteiger partial charge in [-0.3, -0.25) is 9.59 Å². The first-order valence-corrected chi connectivity index (χ1v) is 4.29. The molecule has 0 saturated carbocycles. The van der Waals surface area contributed by atoms with Crippen LogP contribution in [0.5, 0.6) is 0 Å². The van der Waals surface area contributed by atoms with Crippen LogP contribution in [0.1, 0.15) is 12.8 Å². The Balaban J connectivity index is 0. The van der Waals surface area contributed by atoms with E-state index in [2.05, 4.69) is 0 Å². The van der Waals surface area contributed by atoms with Crippen LogP contribution in [0.15, 0.2) is 0 Å². The van der Waals surface area contributed by atoms with E-state index < -0.39 is 11.9 Å². The van der Waals surface area contributed by atoms with Crippen molar-refractivity contribution in [3.63, 3.8) is 0 Å². The van der Waals surface area contributed by atoms with Gasteiger partial charge in [0.15, 0.2) is 0 Å². The minimum absolute atomic E-state index is 0. The van der Waals surface area contributed by atoms with Gasteiger partial charge in [0.2, 0.25) is 0 Å². The second-order valence-electron chi connectivity index (χ2n) is 1.90. The van der Waals surface area contributed by atoms with Gasteiger partial charge in [-0.25, -0.2) is 0 Å². The summed E-state index contributed by atoms with van der Waals surface area (Å²) in [6.07, 6.45) is 0.203. The first kappa shape index (κ1) is 15.0. The quantitative estimate of drug-likeness (QED) is 0.477. The molecule has 0 rings (SSSR count). The van der Waals surface area contributed by atoms with Crippen LogP contribution in [0.4, 0.5) is 0 Å². The van der Waals surface area contributed by atoms with Gasteiger partial charge in [0.05, 0.1) is 12.8 Å². The van der Waals surface area contributed by atoms with Crippen molar-refractivity contribution in [2.24, 2.45) is 0 Å². The van der Waals surface area contributed by atoms with Crippen LogP contribution < -0.4 is 0 Å². The molecule has 0 spiro atoms. The number of thioether (sulfide) groups is 1. The third kappa shape index (κ3) is 13.2. The van der Waals surface area contributed by atoms with Gasteiger partial charge in [-0.05, 0) is 0 Å². The fourth-order valence-electron chi connectivity index (χ4n) is 0.421. The summed E-state index contributed by atoms with van der Waals surface area (Å²) < 4.78 is 0. The number of hydrogen-bond donors (Lipinski definition) is 2. The summed E-state index contributed by atoms with van der Waals surface area (Å²) in [5.41, 5.74) is 0. The van der Waals surface area contributed by atoms with E-state index in [9.17, 15) is 9.59 Å². The molecule has 0 aliphatic rings. The van der Waals surface area contributed by atoms with Crippen molar-refractivity contribution in [3.8, 4) is 0 Å². The summed E-state index contributed by atoms with van der Waals surface area (Å²) in [5, 5.41) is 16.4. The van der Waals surface area contributed by atoms with E-state index in [0.717, 1.165) is 0 Å². The summed E-state index contributed by atoms with van der Waals surface area (Å²) in [6.45, 7) is 0. The van der Waals surface area contributed by atoms with Crippen molar-refractivity contribution in [2.45, 2.75) is 12.8 Å². The van der Waals surface area contributed by atoms with Crippen molar-refractivity contribution in [2.75, 3.05) is 11.5 Å². The second-order valence-corrected chi connectivity index (χ2v) is 3.12. The molecular formula is C6H12CaO4S. The van der Waals surface area contributed by atoms with Crippen LogP contribution in [-0.2, 0) is 9.59 Å². The van der Waals surface area contributed by atoms with Gasteiger partial charge in [0.25, 0.3) is 0 Å². The fourth-order valence-corrected chi connectivity index (χ4v) is 1.26. The molecule has 0 unspecified atom stereocenters. The van der Waals surface area contributed by atoms with Crippen LogP contribution in [0.25, 0.3) is 0 Å². The van der Waals surface area contributed by atoms with Crippen LogP contribution in [0.2, 0.25) is 0 Å². The molecule has 0 fully saturated rings. The van der Waals surface area contributed by atoms with Crippen molar-refractivity contribution in [1.82, 2.24) is 0 Å². The summed E-state index contributed by atoms with van der Waals surface area (Å²) >= 11 is 1.35. The average Bonchev–Trinajstić information content (AvgIpc) is 1.85. The molecule has 2 N–H and O–H groups in total. The predicted octanol–water partition coefficient (Wildman–Crippen LogP) is -0.247.